The summed E-state index contributed by atoms with van der Waals surface area (Å²) in [5.74, 6) is -2.26. The third-order valence-corrected chi connectivity index (χ3v) is 9.37. The fourth-order valence-corrected chi connectivity index (χ4v) is 6.25. The van der Waals surface area contributed by atoms with Crippen molar-refractivity contribution in [1.29, 1.82) is 0 Å². The average Bonchev–Trinajstić information content (AvgIpc) is 3.19. The topological polar surface area (TPSA) is 220 Å². The van der Waals surface area contributed by atoms with Crippen LogP contribution in [0.25, 0.3) is 10.8 Å². The molecule has 1 saturated heterocycles. The molecule has 57 heavy (non-hydrogen) atoms. The van der Waals surface area contributed by atoms with Crippen molar-refractivity contribution in [2.24, 2.45) is 5.92 Å². The minimum absolute atomic E-state index is 0.0781. The lowest BCUT2D eigenvalue weighted by atomic mass is 9.97. The number of carbonyl (C=O) groups is 7. The molecule has 0 radical (unpaired) electrons. The van der Waals surface area contributed by atoms with Crippen LogP contribution in [0.4, 0.5) is 14.4 Å². The number of amides is 6. The molecule has 0 saturated carbocycles. The number of fused-ring (bicyclic) bond motifs is 1. The van der Waals surface area contributed by atoms with Crippen molar-refractivity contribution in [3.8, 4) is 0 Å². The number of carbonyl (C=O) groups excluding carboxylic acids is 7. The first-order valence-electron chi connectivity index (χ1n) is 19.2. The Kier molecular flexibility index (Phi) is 18.3. The van der Waals surface area contributed by atoms with Gasteiger partial charge in [0.05, 0.1) is 21.3 Å². The Morgan fingerprint density at radius 1 is 0.754 bits per heavy atom. The normalized spacial score (nSPS) is 14.6. The summed E-state index contributed by atoms with van der Waals surface area (Å²) >= 11 is 0. The Hall–Kier alpha value is -5.61. The van der Waals surface area contributed by atoms with Crippen LogP contribution < -0.4 is 26.6 Å². The smallest absolute Gasteiger partial charge is 0.407 e. The second-order valence-electron chi connectivity index (χ2n) is 14.9. The number of hydrogen-bond acceptors (Lipinski definition) is 11. The molecule has 6 amide bonds. The number of rotatable bonds is 18. The molecule has 0 aromatic heterocycles. The molecule has 3 atom stereocenters. The van der Waals surface area contributed by atoms with Gasteiger partial charge in [-0.2, -0.15) is 0 Å². The summed E-state index contributed by atoms with van der Waals surface area (Å²) < 4.78 is 19.5. The number of nitrogens with one attached hydrogen (secondary N) is 5. The second-order valence-corrected chi connectivity index (χ2v) is 14.9. The van der Waals surface area contributed by atoms with Crippen LogP contribution in [0.2, 0.25) is 0 Å². The van der Waals surface area contributed by atoms with Crippen molar-refractivity contribution >= 4 is 52.7 Å². The minimum Gasteiger partial charge on any atom is -0.469 e. The minimum atomic E-state index is -1.16. The monoisotopic (exact) mass is 798 g/mol. The largest absolute Gasteiger partial charge is 0.469 e. The van der Waals surface area contributed by atoms with E-state index in [4.69, 9.17) is 14.2 Å². The van der Waals surface area contributed by atoms with Crippen LogP contribution in [-0.4, -0.2) is 118 Å². The van der Waals surface area contributed by atoms with Crippen LogP contribution in [0, 0.1) is 5.92 Å². The Labute approximate surface area is 333 Å². The molecule has 2 aromatic rings. The van der Waals surface area contributed by atoms with Gasteiger partial charge in [0.15, 0.2) is 0 Å². The highest BCUT2D eigenvalue weighted by atomic mass is 16.6. The molecule has 3 rings (SSSR count). The number of benzene rings is 2. The Balaban J connectivity index is 1.56. The van der Waals surface area contributed by atoms with Crippen molar-refractivity contribution in [2.75, 3.05) is 47.5 Å². The SMILES string of the molecule is COC(=O)CC[C@H](NC(=O)NC(CCCCNC(=O)[C@H](Cc1ccc2ccccc2c1)NC(=O)N1CCC(CNC(=O)OC(C)(C)C)CC1)C(=O)OC)C(=O)OC. The van der Waals surface area contributed by atoms with E-state index < -0.39 is 53.8 Å². The van der Waals surface area contributed by atoms with Gasteiger partial charge >= 0.3 is 36.1 Å². The fourth-order valence-electron chi connectivity index (χ4n) is 6.25. The van der Waals surface area contributed by atoms with Gasteiger partial charge in [0.2, 0.25) is 5.91 Å². The molecule has 314 valence electrons. The van der Waals surface area contributed by atoms with E-state index in [-0.39, 0.29) is 50.1 Å². The number of hydrogen-bond donors (Lipinski definition) is 5. The standard InChI is InChI=1S/C40H58N6O11/c1-40(2,3)57-39(53)42-25-26-18-21-46(22-19-26)38(52)45-32(24-27-14-15-28-11-7-8-12-29(28)23-27)34(48)41-20-10-9-13-30(35(49)55-5)43-37(51)44-31(36(50)56-6)16-17-33(47)54-4/h7-8,11-12,14-15,23,26,30-32H,9-10,13,16-22,24-25H2,1-6H3,(H,41,48)(H,42,53)(H,45,52)(H2,43,44,51)/t30?,31-,32-/m0/s1. The first-order chi connectivity index (χ1) is 27.1. The molecule has 17 nitrogen and oxygen atoms in total. The molecule has 1 fully saturated rings. The molecular weight excluding hydrogens is 740 g/mol. The molecule has 1 aliphatic heterocycles. The van der Waals surface area contributed by atoms with Crippen LogP contribution in [0.1, 0.15) is 71.3 Å². The van der Waals surface area contributed by atoms with E-state index in [1.54, 1.807) is 25.7 Å². The van der Waals surface area contributed by atoms with Gasteiger partial charge in [-0.05, 0) is 81.5 Å². The summed E-state index contributed by atoms with van der Waals surface area (Å²) in [6, 6.07) is 9.44. The zero-order valence-electron chi connectivity index (χ0n) is 33.8. The van der Waals surface area contributed by atoms with Gasteiger partial charge in [-0.25, -0.2) is 24.0 Å². The Morgan fingerprint density at radius 3 is 2.00 bits per heavy atom. The summed E-state index contributed by atoms with van der Waals surface area (Å²) in [5, 5.41) is 15.6. The van der Waals surface area contributed by atoms with Crippen LogP contribution in [0.5, 0.6) is 0 Å². The van der Waals surface area contributed by atoms with E-state index in [0.29, 0.717) is 45.3 Å². The van der Waals surface area contributed by atoms with Crippen molar-refractivity contribution in [3.05, 3.63) is 48.0 Å². The van der Waals surface area contributed by atoms with Crippen LogP contribution in [0.3, 0.4) is 0 Å². The van der Waals surface area contributed by atoms with Crippen LogP contribution >= 0.6 is 0 Å². The van der Waals surface area contributed by atoms with Gasteiger partial charge < -0.3 is 50.4 Å². The maximum Gasteiger partial charge on any atom is 0.407 e. The molecule has 1 unspecified atom stereocenters. The first-order valence-corrected chi connectivity index (χ1v) is 19.2. The maximum atomic E-state index is 13.6. The molecule has 1 aliphatic rings. The van der Waals surface area contributed by atoms with E-state index in [2.05, 4.69) is 31.3 Å². The van der Waals surface area contributed by atoms with Crippen molar-refractivity contribution in [3.63, 3.8) is 0 Å². The number of nitrogens with zero attached hydrogens (tertiary/aromatic N) is 1. The van der Waals surface area contributed by atoms with Gasteiger partial charge in [0, 0.05) is 39.0 Å². The van der Waals surface area contributed by atoms with Crippen molar-refractivity contribution < 1.29 is 52.5 Å². The molecule has 0 bridgehead atoms. The number of urea groups is 2. The molecule has 5 N–H and O–H groups in total. The van der Waals surface area contributed by atoms with Gasteiger partial charge in [-0.3, -0.25) is 9.59 Å². The number of piperidine rings is 1. The van der Waals surface area contributed by atoms with E-state index in [1.165, 1.54) is 14.2 Å². The Bertz CT molecular complexity index is 1690. The van der Waals surface area contributed by atoms with E-state index in [1.807, 2.05) is 42.5 Å². The number of ether oxygens (including phenoxy) is 4. The number of esters is 3. The molecule has 17 heteroatoms. The highest BCUT2D eigenvalue weighted by Crippen LogP contribution is 2.19. The van der Waals surface area contributed by atoms with Gasteiger partial charge in [0.1, 0.15) is 23.7 Å². The number of likely N-dealkylation sites (tertiary alicyclic amines) is 1. The molecule has 0 aliphatic carbocycles. The summed E-state index contributed by atoms with van der Waals surface area (Å²) in [6.45, 7) is 6.98. The lowest BCUT2D eigenvalue weighted by Gasteiger charge is -2.33. The average molecular weight is 799 g/mol. The zero-order chi connectivity index (χ0) is 42.0. The zero-order valence-corrected chi connectivity index (χ0v) is 33.8. The predicted octanol–water partition coefficient (Wildman–Crippen LogP) is 3.32. The highest BCUT2D eigenvalue weighted by Gasteiger charge is 2.29. The first kappa shape index (κ1) is 45.8. The molecule has 0 spiro atoms. The number of unbranched alkanes of at least 4 members (excludes halogenated alkanes) is 1. The summed E-state index contributed by atoms with van der Waals surface area (Å²) in [7, 11) is 3.52. The molecular formula is C40H58N6O11. The van der Waals surface area contributed by atoms with E-state index >= 15 is 0 Å². The Morgan fingerprint density at radius 2 is 1.39 bits per heavy atom. The number of methoxy groups -OCH3 is 3. The molecule has 2 aromatic carbocycles. The van der Waals surface area contributed by atoms with Gasteiger partial charge in [-0.1, -0.05) is 42.5 Å². The van der Waals surface area contributed by atoms with Gasteiger partial charge in [-0.15, -0.1) is 0 Å². The summed E-state index contributed by atoms with van der Waals surface area (Å²) in [6.07, 6.45) is 1.86. The van der Waals surface area contributed by atoms with Crippen molar-refractivity contribution in [2.45, 2.75) is 95.9 Å². The maximum absolute atomic E-state index is 13.6. The highest BCUT2D eigenvalue weighted by molar-refractivity contribution is 5.89. The third-order valence-electron chi connectivity index (χ3n) is 9.37. The van der Waals surface area contributed by atoms with E-state index in [0.717, 1.165) is 23.4 Å². The van der Waals surface area contributed by atoms with E-state index in [9.17, 15) is 33.6 Å². The quantitative estimate of drug-likeness (QED) is 0.0837. The lowest BCUT2D eigenvalue weighted by Crippen LogP contribution is -2.54. The van der Waals surface area contributed by atoms with Crippen LogP contribution in [0.15, 0.2) is 42.5 Å². The molecule has 1 heterocycles. The summed E-state index contributed by atoms with van der Waals surface area (Å²) in [4.78, 5) is 89.8. The van der Waals surface area contributed by atoms with Crippen LogP contribution in [-0.2, 0) is 44.5 Å². The third kappa shape index (κ3) is 16.2. The fraction of sp³-hybridized carbons (Fsp3) is 0.575. The lowest BCUT2D eigenvalue weighted by molar-refractivity contribution is -0.144. The second kappa shape index (κ2) is 22.8. The number of alkyl carbamates (subject to hydrolysis) is 1. The van der Waals surface area contributed by atoms with Crippen molar-refractivity contribution in [1.82, 2.24) is 31.5 Å². The van der Waals surface area contributed by atoms with Gasteiger partial charge in [0.25, 0.3) is 0 Å². The summed E-state index contributed by atoms with van der Waals surface area (Å²) in [5.41, 5.74) is 0.271. The predicted molar refractivity (Wildman–Crippen MR) is 210 cm³/mol.